The minimum absolute atomic E-state index is 0.192. The summed E-state index contributed by atoms with van der Waals surface area (Å²) in [4.78, 5) is 14.8. The maximum Gasteiger partial charge on any atom is 0.276 e. The molecular formula is C30H30Cl2N2O5S. The van der Waals surface area contributed by atoms with Gasteiger partial charge in [0.1, 0.15) is 28.8 Å². The molecule has 0 radical (unpaired) electrons. The van der Waals surface area contributed by atoms with Gasteiger partial charge in [0.2, 0.25) is 0 Å². The first-order valence-corrected chi connectivity index (χ1v) is 14.0. The van der Waals surface area contributed by atoms with Crippen LogP contribution < -0.4 is 24.3 Å². The molecule has 3 aromatic carbocycles. The lowest BCUT2D eigenvalue weighted by Gasteiger charge is -2.16. The van der Waals surface area contributed by atoms with Gasteiger partial charge in [0.25, 0.3) is 5.91 Å². The molecule has 1 saturated heterocycles. The van der Waals surface area contributed by atoms with E-state index in [2.05, 4.69) is 5.32 Å². The Morgan fingerprint density at radius 1 is 0.925 bits per heavy atom. The van der Waals surface area contributed by atoms with Crippen LogP contribution in [0.4, 0.5) is 0 Å². The van der Waals surface area contributed by atoms with Gasteiger partial charge in [-0.2, -0.15) is 0 Å². The Hall–Kier alpha value is -3.46. The minimum atomic E-state index is -0.194. The second-order valence-electron chi connectivity index (χ2n) is 8.75. The van der Waals surface area contributed by atoms with Gasteiger partial charge in [0.05, 0.1) is 25.3 Å². The number of nitrogens with one attached hydrogen (secondary N) is 1. The van der Waals surface area contributed by atoms with Gasteiger partial charge in [0, 0.05) is 12.1 Å². The molecule has 0 aliphatic carbocycles. The number of rotatable bonds is 12. The van der Waals surface area contributed by atoms with E-state index in [-0.39, 0.29) is 12.5 Å². The van der Waals surface area contributed by atoms with E-state index >= 15 is 0 Å². The Labute approximate surface area is 249 Å². The largest absolute Gasteiger partial charge is 0.496 e. The van der Waals surface area contributed by atoms with Crippen LogP contribution in [0.3, 0.4) is 0 Å². The first-order valence-electron chi connectivity index (χ1n) is 12.8. The van der Waals surface area contributed by atoms with Crippen molar-refractivity contribution in [2.24, 2.45) is 0 Å². The van der Waals surface area contributed by atoms with Gasteiger partial charge >= 0.3 is 0 Å². The average molecular weight is 602 g/mol. The van der Waals surface area contributed by atoms with Gasteiger partial charge in [-0.05, 0) is 86.1 Å². The van der Waals surface area contributed by atoms with Gasteiger partial charge in [-0.25, -0.2) is 0 Å². The van der Waals surface area contributed by atoms with E-state index in [9.17, 15) is 4.79 Å². The zero-order valence-electron chi connectivity index (χ0n) is 22.5. The third-order valence-corrected chi connectivity index (χ3v) is 7.23. The highest BCUT2D eigenvalue weighted by molar-refractivity contribution is 7.80. The summed E-state index contributed by atoms with van der Waals surface area (Å²) in [6, 6.07) is 16.6. The fourth-order valence-electron chi connectivity index (χ4n) is 4.19. The molecule has 1 N–H and O–H groups in total. The molecule has 0 spiro atoms. The van der Waals surface area contributed by atoms with Gasteiger partial charge in [-0.1, -0.05) is 41.4 Å². The fourth-order valence-corrected chi connectivity index (χ4v) is 4.82. The maximum atomic E-state index is 13.2. The highest BCUT2D eigenvalue weighted by atomic mass is 35.5. The second-order valence-corrected chi connectivity index (χ2v) is 9.93. The Morgan fingerprint density at radius 3 is 2.42 bits per heavy atom. The van der Waals surface area contributed by atoms with Crippen LogP contribution in [0.15, 0.2) is 60.3 Å². The molecule has 10 heteroatoms. The summed E-state index contributed by atoms with van der Waals surface area (Å²) in [6.45, 7) is 5.55. The Bertz CT molecular complexity index is 1430. The summed E-state index contributed by atoms with van der Waals surface area (Å²) in [5.74, 6) is 2.31. The van der Waals surface area contributed by atoms with Crippen LogP contribution in [-0.2, 0) is 17.8 Å². The fraction of sp³-hybridized carbons (Fsp3) is 0.267. The van der Waals surface area contributed by atoms with Crippen LogP contribution in [0.25, 0.3) is 6.08 Å². The zero-order valence-corrected chi connectivity index (χ0v) is 24.8. The van der Waals surface area contributed by atoms with Crippen molar-refractivity contribution in [1.82, 2.24) is 10.2 Å². The number of amides is 1. The smallest absolute Gasteiger partial charge is 0.276 e. The number of carbonyl (C=O) groups excluding carboxylic acids is 1. The molecule has 0 unspecified atom stereocenters. The molecule has 1 aliphatic rings. The monoisotopic (exact) mass is 600 g/mol. The molecule has 3 aromatic rings. The number of carbonyl (C=O) groups is 1. The number of hydrogen-bond donors (Lipinski definition) is 1. The van der Waals surface area contributed by atoms with Gasteiger partial charge in [-0.3, -0.25) is 9.69 Å². The van der Waals surface area contributed by atoms with Crippen LogP contribution in [0, 0.1) is 0 Å². The lowest BCUT2D eigenvalue weighted by molar-refractivity contribution is -0.122. The Balaban J connectivity index is 1.46. The van der Waals surface area contributed by atoms with Crippen LogP contribution in [0.2, 0.25) is 10.0 Å². The number of nitrogens with zero attached hydrogens (tertiary/aromatic N) is 1. The van der Waals surface area contributed by atoms with E-state index in [1.54, 1.807) is 36.3 Å². The molecule has 1 fully saturated rings. The van der Waals surface area contributed by atoms with Crippen LogP contribution in [-0.4, -0.2) is 42.8 Å². The minimum Gasteiger partial charge on any atom is -0.496 e. The Kier molecular flexibility index (Phi) is 10.1. The van der Waals surface area contributed by atoms with Crippen molar-refractivity contribution in [2.45, 2.75) is 26.9 Å². The van der Waals surface area contributed by atoms with Crippen molar-refractivity contribution in [1.29, 1.82) is 0 Å². The number of hydrogen-bond acceptors (Lipinski definition) is 6. The molecule has 40 heavy (non-hydrogen) atoms. The van der Waals surface area contributed by atoms with Crippen molar-refractivity contribution >= 4 is 52.5 Å². The lowest BCUT2D eigenvalue weighted by atomic mass is 10.1. The third kappa shape index (κ3) is 6.99. The molecule has 1 amide bonds. The van der Waals surface area contributed by atoms with Crippen molar-refractivity contribution in [3.63, 3.8) is 0 Å². The van der Waals surface area contributed by atoms with E-state index in [0.29, 0.717) is 70.0 Å². The molecule has 0 aromatic heterocycles. The zero-order chi connectivity index (χ0) is 28.6. The molecule has 0 bridgehead atoms. The second kappa shape index (κ2) is 13.7. The van der Waals surface area contributed by atoms with Gasteiger partial charge in [0.15, 0.2) is 16.6 Å². The van der Waals surface area contributed by atoms with Crippen LogP contribution >= 0.6 is 35.4 Å². The summed E-state index contributed by atoms with van der Waals surface area (Å²) in [7, 11) is 1.59. The summed E-state index contributed by atoms with van der Waals surface area (Å²) < 4.78 is 22.8. The van der Waals surface area contributed by atoms with Gasteiger partial charge < -0.3 is 24.3 Å². The van der Waals surface area contributed by atoms with E-state index in [1.165, 1.54) is 0 Å². The summed E-state index contributed by atoms with van der Waals surface area (Å²) in [6.07, 6.45) is 2.36. The molecule has 210 valence electrons. The maximum absolute atomic E-state index is 13.2. The molecule has 1 heterocycles. The summed E-state index contributed by atoms with van der Waals surface area (Å²) in [5, 5.41) is 4.16. The highest BCUT2D eigenvalue weighted by Gasteiger charge is 2.30. The molecule has 0 saturated carbocycles. The van der Waals surface area contributed by atoms with Crippen LogP contribution in [0.1, 0.15) is 30.5 Å². The molecule has 7 nitrogen and oxygen atoms in total. The average Bonchev–Trinajstić information content (AvgIpc) is 3.21. The van der Waals surface area contributed by atoms with Crippen molar-refractivity contribution in [3.05, 3.63) is 87.0 Å². The Morgan fingerprint density at radius 2 is 1.68 bits per heavy atom. The summed E-state index contributed by atoms with van der Waals surface area (Å²) >= 11 is 17.8. The molecule has 0 atom stereocenters. The number of ether oxygens (including phenoxy) is 4. The highest BCUT2D eigenvalue weighted by Crippen LogP contribution is 2.33. The van der Waals surface area contributed by atoms with E-state index in [4.69, 9.17) is 54.4 Å². The van der Waals surface area contributed by atoms with E-state index in [1.807, 2.05) is 50.2 Å². The van der Waals surface area contributed by atoms with Crippen molar-refractivity contribution < 1.29 is 23.7 Å². The number of methoxy groups -OCH3 is 1. The third-order valence-electron chi connectivity index (χ3n) is 6.11. The first kappa shape index (κ1) is 29.5. The van der Waals surface area contributed by atoms with Crippen LogP contribution in [0.5, 0.6) is 23.0 Å². The predicted molar refractivity (Wildman–Crippen MR) is 162 cm³/mol. The summed E-state index contributed by atoms with van der Waals surface area (Å²) in [5.41, 5.74) is 2.96. The molecular weight excluding hydrogens is 571 g/mol. The van der Waals surface area contributed by atoms with Crippen molar-refractivity contribution in [2.75, 3.05) is 26.9 Å². The quantitative estimate of drug-likeness (QED) is 0.184. The predicted octanol–water partition coefficient (Wildman–Crippen LogP) is 6.68. The van der Waals surface area contributed by atoms with E-state index in [0.717, 1.165) is 16.7 Å². The van der Waals surface area contributed by atoms with E-state index < -0.39 is 0 Å². The SMILES string of the molecule is CCOc1ccc(CCN2C(=O)/C(=C\c3ccc(OC)c(COc4cccc(Cl)c4Cl)c3)NC2=S)cc1OCC. The lowest BCUT2D eigenvalue weighted by Crippen LogP contribution is -2.32. The van der Waals surface area contributed by atoms with Gasteiger partial charge in [-0.15, -0.1) is 0 Å². The number of benzene rings is 3. The van der Waals surface area contributed by atoms with Crippen molar-refractivity contribution in [3.8, 4) is 23.0 Å². The topological polar surface area (TPSA) is 69.3 Å². The molecule has 4 rings (SSSR count). The number of thiocarbonyl (C=S) groups is 1. The standard InChI is InChI=1S/C30H30Cl2N2O5S/c1-4-37-25-12-9-19(17-27(25)38-5-2)13-14-34-29(35)23(33-30(34)40)16-20-10-11-24(36-3)21(15-20)18-39-26-8-6-7-22(31)28(26)32/h6-12,15-17H,4-5,13-14,18H2,1-3H3,(H,33,40)/b23-16+. The first-order chi connectivity index (χ1) is 19.3. The normalized spacial score (nSPS) is 13.9. The number of halogens is 2. The molecule has 1 aliphatic heterocycles.